The van der Waals surface area contributed by atoms with Crippen molar-refractivity contribution in [2.75, 3.05) is 0 Å². The fraction of sp³-hybridized carbons (Fsp3) is 0.0833. The van der Waals surface area contributed by atoms with Crippen LogP contribution in [0.1, 0.15) is 49.8 Å². The summed E-state index contributed by atoms with van der Waals surface area (Å²) < 4.78 is 12.7. The van der Waals surface area contributed by atoms with Crippen molar-refractivity contribution in [1.82, 2.24) is 0 Å². The number of allylic oxidation sites excluding steroid dienone is 2. The van der Waals surface area contributed by atoms with Gasteiger partial charge in [-0.1, -0.05) is 171 Å². The zero-order chi connectivity index (χ0) is 42.3. The number of nitrogens with zero attached hydrogens (tertiary/aromatic N) is 1. The monoisotopic (exact) mass is 811 g/mol. The lowest BCUT2D eigenvalue weighted by molar-refractivity contribution is 0.668. The molecule has 0 aliphatic carbocycles. The number of hydrogen-bond donors (Lipinski definition) is 0. The molecule has 0 amide bonds. The number of hydrogen-bond acceptors (Lipinski definition) is 3. The fourth-order valence-electron chi connectivity index (χ4n) is 9.21. The Bertz CT molecular complexity index is 3610. The van der Waals surface area contributed by atoms with Crippen LogP contribution in [0.15, 0.2) is 214 Å². The van der Waals surface area contributed by atoms with E-state index in [0.29, 0.717) is 6.42 Å². The first-order valence-corrected chi connectivity index (χ1v) is 22.0. The molecule has 3 heteroatoms. The van der Waals surface area contributed by atoms with E-state index in [1.165, 1.54) is 32.7 Å². The number of furan rings is 2. The van der Waals surface area contributed by atoms with Crippen molar-refractivity contribution in [3.63, 3.8) is 0 Å². The van der Waals surface area contributed by atoms with Gasteiger partial charge < -0.3 is 8.83 Å². The molecule has 9 aromatic carbocycles. The summed E-state index contributed by atoms with van der Waals surface area (Å²) in [5.74, 6) is 0. The molecule has 63 heavy (non-hydrogen) atoms. The van der Waals surface area contributed by atoms with E-state index in [1.807, 2.05) is 12.1 Å². The lowest BCUT2D eigenvalue weighted by Crippen LogP contribution is -2.03. The van der Waals surface area contributed by atoms with Gasteiger partial charge in [-0.05, 0) is 117 Å². The topological polar surface area (TPSA) is 38.6 Å². The summed E-state index contributed by atoms with van der Waals surface area (Å²) in [7, 11) is 0. The summed E-state index contributed by atoms with van der Waals surface area (Å²) in [6.45, 7) is 4.42. The molecule has 0 aliphatic heterocycles. The van der Waals surface area contributed by atoms with E-state index < -0.39 is 0 Å². The van der Waals surface area contributed by atoms with Gasteiger partial charge in [0.25, 0.3) is 0 Å². The zero-order valence-electron chi connectivity index (χ0n) is 35.4. The van der Waals surface area contributed by atoms with E-state index in [2.05, 4.69) is 202 Å². The second-order valence-electron chi connectivity index (χ2n) is 16.6. The van der Waals surface area contributed by atoms with Gasteiger partial charge in [0.15, 0.2) is 0 Å². The first-order chi connectivity index (χ1) is 31.1. The molecule has 2 aromatic heterocycles. The summed E-state index contributed by atoms with van der Waals surface area (Å²) in [4.78, 5) is 5.50. The molecule has 0 aliphatic rings. The van der Waals surface area contributed by atoms with Gasteiger partial charge in [-0.25, -0.2) is 0 Å². The van der Waals surface area contributed by atoms with Crippen LogP contribution in [0, 0.1) is 0 Å². The average Bonchev–Trinajstić information content (AvgIpc) is 3.90. The van der Waals surface area contributed by atoms with Crippen LogP contribution in [-0.2, 0) is 0 Å². The van der Waals surface area contributed by atoms with E-state index in [-0.39, 0.29) is 0 Å². The maximum absolute atomic E-state index is 6.57. The smallest absolute Gasteiger partial charge is 0.136 e. The van der Waals surface area contributed by atoms with Crippen molar-refractivity contribution in [2.24, 2.45) is 4.99 Å². The maximum atomic E-state index is 6.57. The van der Waals surface area contributed by atoms with E-state index in [9.17, 15) is 0 Å². The van der Waals surface area contributed by atoms with Gasteiger partial charge in [0.05, 0.1) is 11.4 Å². The van der Waals surface area contributed by atoms with Crippen LogP contribution in [0.25, 0.3) is 99.4 Å². The molecule has 0 unspecified atom stereocenters. The van der Waals surface area contributed by atoms with Crippen LogP contribution in [0.5, 0.6) is 0 Å². The summed E-state index contributed by atoms with van der Waals surface area (Å²) in [5.41, 5.74) is 15.0. The van der Waals surface area contributed by atoms with Gasteiger partial charge in [0.1, 0.15) is 22.3 Å². The quantitative estimate of drug-likeness (QED) is 0.129. The number of aliphatic imine (C=N–C) groups is 1. The van der Waals surface area contributed by atoms with Crippen molar-refractivity contribution in [3.8, 4) is 22.3 Å². The predicted molar refractivity (Wildman–Crippen MR) is 267 cm³/mol. The number of fused-ring (bicyclic) bond motifs is 8. The van der Waals surface area contributed by atoms with Gasteiger partial charge in [0.2, 0.25) is 0 Å². The minimum atomic E-state index is 0.716. The average molecular weight is 812 g/mol. The Balaban J connectivity index is 0.928. The molecule has 0 atom stereocenters. The molecule has 0 bridgehead atoms. The molecular formula is C60H45NO2. The molecule has 11 aromatic rings. The third-order valence-electron chi connectivity index (χ3n) is 12.3. The summed E-state index contributed by atoms with van der Waals surface area (Å²) in [6, 6.07) is 67.0. The third kappa shape index (κ3) is 7.32. The third-order valence-corrected chi connectivity index (χ3v) is 12.3. The highest BCUT2D eigenvalue weighted by Crippen LogP contribution is 2.40. The first-order valence-electron chi connectivity index (χ1n) is 22.0. The predicted octanol–water partition coefficient (Wildman–Crippen LogP) is 17.2. The van der Waals surface area contributed by atoms with Gasteiger partial charge in [-0.15, -0.1) is 0 Å². The van der Waals surface area contributed by atoms with Crippen LogP contribution < -0.4 is 0 Å². The second kappa shape index (κ2) is 16.3. The molecule has 0 N–H and O–H groups in total. The Labute approximate surface area is 367 Å². The Kier molecular flexibility index (Phi) is 9.86. The van der Waals surface area contributed by atoms with Crippen LogP contribution in [-0.4, -0.2) is 5.71 Å². The van der Waals surface area contributed by atoms with E-state index in [1.54, 1.807) is 0 Å². The van der Waals surface area contributed by atoms with Crippen molar-refractivity contribution in [2.45, 2.75) is 33.1 Å². The summed E-state index contributed by atoms with van der Waals surface area (Å²) in [6.07, 6.45) is 7.27. The Hall–Kier alpha value is -7.75. The van der Waals surface area contributed by atoms with E-state index >= 15 is 0 Å². The largest absolute Gasteiger partial charge is 0.456 e. The minimum absolute atomic E-state index is 0.716. The minimum Gasteiger partial charge on any atom is -0.456 e. The molecular weight excluding hydrogens is 767 g/mol. The first kappa shape index (κ1) is 38.2. The van der Waals surface area contributed by atoms with Crippen LogP contribution in [0.4, 0.5) is 0 Å². The van der Waals surface area contributed by atoms with Crippen LogP contribution in [0.3, 0.4) is 0 Å². The molecule has 0 spiro atoms. The SMILES string of the molecule is CCC/C=C(\N=C(/C/C(C)=C\c1ccc2oc3ccccc3c2c1)c1ccccc1)c1ccc2cc(-c3cccc4oc5cc(-c6cccc7ccccc67)ccc5c34)ccc2c1. The number of benzene rings is 9. The number of unbranched alkanes of at least 4 members (excludes halogenated alkanes) is 1. The lowest BCUT2D eigenvalue weighted by atomic mass is 9.94. The molecule has 0 fully saturated rings. The maximum Gasteiger partial charge on any atom is 0.136 e. The molecule has 11 rings (SSSR count). The molecule has 3 nitrogen and oxygen atoms in total. The standard InChI is InChI=1S/C60H45NO2/c1-3-4-22-54(61-55(42-15-6-5-7-16-42)34-39(2)33-40-25-32-57-53(35-40)51-19-10-11-23-56(51)62-57)47-29-27-43-36-45(28-26-44(43)37-47)50-21-13-24-58-60(50)52-31-30-46(38-59(52)63-58)49-20-12-17-41-14-8-9-18-48(41)49/h5-33,35-38H,3-4,34H2,1-2H3/b39-33-,54-22-,61-55+. The number of rotatable bonds is 10. The number of para-hydroxylation sites is 1. The highest BCUT2D eigenvalue weighted by molar-refractivity contribution is 6.14. The van der Waals surface area contributed by atoms with Gasteiger partial charge >= 0.3 is 0 Å². The van der Waals surface area contributed by atoms with Gasteiger partial charge in [0, 0.05) is 33.5 Å². The fourth-order valence-corrected chi connectivity index (χ4v) is 9.21. The summed E-state index contributed by atoms with van der Waals surface area (Å²) in [5, 5.41) is 9.37. The van der Waals surface area contributed by atoms with Gasteiger partial charge in [-0.3, -0.25) is 4.99 Å². The van der Waals surface area contributed by atoms with Crippen molar-refractivity contribution in [3.05, 3.63) is 216 Å². The normalized spacial score (nSPS) is 12.8. The van der Waals surface area contributed by atoms with Crippen molar-refractivity contribution < 1.29 is 8.83 Å². The molecule has 0 radical (unpaired) electrons. The Morgan fingerprint density at radius 3 is 2.10 bits per heavy atom. The highest BCUT2D eigenvalue weighted by atomic mass is 16.3. The van der Waals surface area contributed by atoms with Gasteiger partial charge in [-0.2, -0.15) is 0 Å². The van der Waals surface area contributed by atoms with E-state index in [4.69, 9.17) is 13.8 Å². The molecule has 2 heterocycles. The van der Waals surface area contributed by atoms with Crippen molar-refractivity contribution in [1.29, 1.82) is 0 Å². The van der Waals surface area contributed by atoms with Crippen LogP contribution in [0.2, 0.25) is 0 Å². The summed E-state index contributed by atoms with van der Waals surface area (Å²) >= 11 is 0. The lowest BCUT2D eigenvalue weighted by Gasteiger charge is -2.12. The molecule has 0 saturated heterocycles. The van der Waals surface area contributed by atoms with Crippen LogP contribution >= 0.6 is 0 Å². The Morgan fingerprint density at radius 1 is 0.492 bits per heavy atom. The second-order valence-corrected chi connectivity index (χ2v) is 16.6. The Morgan fingerprint density at radius 2 is 1.19 bits per heavy atom. The highest BCUT2D eigenvalue weighted by Gasteiger charge is 2.16. The molecule has 302 valence electrons. The zero-order valence-corrected chi connectivity index (χ0v) is 35.4. The van der Waals surface area contributed by atoms with E-state index in [0.717, 1.165) is 102 Å². The molecule has 0 saturated carbocycles. The van der Waals surface area contributed by atoms with Crippen molar-refractivity contribution >= 4 is 82.9 Å².